The lowest BCUT2D eigenvalue weighted by atomic mass is 10.1. The number of imidazole rings is 1. The second-order valence-corrected chi connectivity index (χ2v) is 7.83. The predicted molar refractivity (Wildman–Crippen MR) is 120 cm³/mol. The molecular formula is C22H23ClN6O2. The normalized spacial score (nSPS) is 21.6. The maximum Gasteiger partial charge on any atom is 0.246 e. The molecular weight excluding hydrogens is 416 g/mol. The van der Waals surface area contributed by atoms with Gasteiger partial charge >= 0.3 is 0 Å². The summed E-state index contributed by atoms with van der Waals surface area (Å²) in [7, 11) is 0. The van der Waals surface area contributed by atoms with E-state index in [9.17, 15) is 4.79 Å². The fraction of sp³-hybridized carbons (Fsp3) is 0.318. The maximum atomic E-state index is 11.9. The van der Waals surface area contributed by atoms with Crippen LogP contribution in [0.25, 0.3) is 0 Å². The number of nitrogens with one attached hydrogen (secondary N) is 3. The molecule has 1 aromatic heterocycles. The molecule has 0 saturated carbocycles. The molecule has 31 heavy (non-hydrogen) atoms. The van der Waals surface area contributed by atoms with Crippen molar-refractivity contribution in [2.75, 3.05) is 25.0 Å². The van der Waals surface area contributed by atoms with Crippen molar-refractivity contribution in [2.45, 2.75) is 25.0 Å². The molecule has 2 aliphatic rings. The van der Waals surface area contributed by atoms with Crippen LogP contribution in [0.4, 0.5) is 5.82 Å². The number of anilines is 1. The molecule has 8 nitrogen and oxygen atoms in total. The topological polar surface area (TPSA) is 94.6 Å². The van der Waals surface area contributed by atoms with E-state index in [0.717, 1.165) is 12.1 Å². The van der Waals surface area contributed by atoms with Crippen molar-refractivity contribution in [3.63, 3.8) is 0 Å². The monoisotopic (exact) mass is 438 g/mol. The quantitative estimate of drug-likeness (QED) is 0.492. The molecule has 160 valence electrons. The number of H-pyrrole nitrogens is 1. The third-order valence-electron chi connectivity index (χ3n) is 5.22. The molecule has 3 N–H and O–H groups in total. The summed E-state index contributed by atoms with van der Waals surface area (Å²) in [5.74, 6) is 7.63. The number of benzene rings is 1. The van der Waals surface area contributed by atoms with Crippen LogP contribution < -0.4 is 15.4 Å². The van der Waals surface area contributed by atoms with Crippen LogP contribution in [0, 0.1) is 11.8 Å². The van der Waals surface area contributed by atoms with Crippen molar-refractivity contribution < 1.29 is 9.53 Å². The first-order valence-corrected chi connectivity index (χ1v) is 10.3. The van der Waals surface area contributed by atoms with Gasteiger partial charge in [0.15, 0.2) is 17.3 Å². The molecule has 2 unspecified atom stereocenters. The molecule has 2 aromatic rings. The number of ether oxygens (including phenoxy) is 1. The Morgan fingerprint density at radius 1 is 1.52 bits per heavy atom. The Bertz CT molecular complexity index is 1090. The van der Waals surface area contributed by atoms with Gasteiger partial charge in [-0.25, -0.2) is 9.98 Å². The number of aromatic amines is 1. The summed E-state index contributed by atoms with van der Waals surface area (Å²) >= 11 is 6.08. The maximum absolute atomic E-state index is 11.9. The first kappa shape index (κ1) is 21.0. The third kappa shape index (κ3) is 4.58. The zero-order valence-corrected chi connectivity index (χ0v) is 17.9. The van der Waals surface area contributed by atoms with E-state index >= 15 is 0 Å². The van der Waals surface area contributed by atoms with Crippen molar-refractivity contribution >= 4 is 29.7 Å². The number of nitrogens with zero attached hydrogens (tertiary/aromatic N) is 3. The molecule has 0 radical (unpaired) electrons. The van der Waals surface area contributed by atoms with Crippen LogP contribution in [0.3, 0.4) is 0 Å². The number of amides is 1. The lowest BCUT2D eigenvalue weighted by molar-refractivity contribution is -0.125. The van der Waals surface area contributed by atoms with Gasteiger partial charge in [-0.3, -0.25) is 10.1 Å². The Labute approximate surface area is 185 Å². The number of carbonyl (C=O) groups is 1. The molecule has 0 aliphatic carbocycles. The van der Waals surface area contributed by atoms with E-state index in [1.165, 1.54) is 6.08 Å². The number of hydrogen-bond donors (Lipinski definition) is 3. The molecule has 3 heterocycles. The van der Waals surface area contributed by atoms with Crippen LogP contribution in [0.1, 0.15) is 24.9 Å². The Morgan fingerprint density at radius 3 is 3.16 bits per heavy atom. The van der Waals surface area contributed by atoms with Crippen molar-refractivity contribution in [1.29, 1.82) is 0 Å². The van der Waals surface area contributed by atoms with E-state index in [2.05, 4.69) is 44.0 Å². The van der Waals surface area contributed by atoms with E-state index in [1.807, 2.05) is 19.1 Å². The van der Waals surface area contributed by atoms with Crippen molar-refractivity contribution in [1.82, 2.24) is 20.2 Å². The van der Waals surface area contributed by atoms with Crippen LogP contribution in [0.2, 0.25) is 5.02 Å². The lowest BCUT2D eigenvalue weighted by Gasteiger charge is -2.32. The second kappa shape index (κ2) is 8.84. The van der Waals surface area contributed by atoms with Crippen LogP contribution in [-0.2, 0) is 10.5 Å². The second-order valence-electron chi connectivity index (χ2n) is 7.42. The zero-order chi connectivity index (χ0) is 21.8. The van der Waals surface area contributed by atoms with Gasteiger partial charge in [-0.15, -0.1) is 0 Å². The minimum absolute atomic E-state index is 0.0536. The molecule has 2 aliphatic heterocycles. The number of aromatic nitrogens is 2. The van der Waals surface area contributed by atoms with Crippen LogP contribution in [0.15, 0.2) is 41.9 Å². The SMILES string of the molecule is C=CC(=O)N1CCC(NC2(C)N=CNc3nc(C#CCOc4ccccc4Cl)[nH]c32)C1. The number of rotatable bonds is 5. The first-order valence-electron chi connectivity index (χ1n) is 9.94. The van der Waals surface area contributed by atoms with E-state index in [0.29, 0.717) is 35.5 Å². The molecule has 1 fully saturated rings. The fourth-order valence-corrected chi connectivity index (χ4v) is 3.88. The summed E-state index contributed by atoms with van der Waals surface area (Å²) in [4.78, 5) is 26.0. The molecule has 1 aromatic carbocycles. The summed E-state index contributed by atoms with van der Waals surface area (Å²) in [6.07, 6.45) is 3.81. The number of fused-ring (bicyclic) bond motifs is 1. The smallest absolute Gasteiger partial charge is 0.246 e. The zero-order valence-electron chi connectivity index (χ0n) is 17.1. The number of likely N-dealkylation sites (tertiary alicyclic amines) is 1. The molecule has 0 bridgehead atoms. The number of carbonyl (C=O) groups excluding carboxylic acids is 1. The summed E-state index contributed by atoms with van der Waals surface area (Å²) in [6.45, 7) is 7.02. The van der Waals surface area contributed by atoms with Gasteiger partial charge in [0.25, 0.3) is 0 Å². The fourth-order valence-electron chi connectivity index (χ4n) is 3.69. The highest BCUT2D eigenvalue weighted by Gasteiger charge is 2.37. The van der Waals surface area contributed by atoms with Gasteiger partial charge in [-0.05, 0) is 37.5 Å². The predicted octanol–water partition coefficient (Wildman–Crippen LogP) is 2.50. The summed E-state index contributed by atoms with van der Waals surface area (Å²) in [5.41, 5.74) is 0.0827. The first-order chi connectivity index (χ1) is 15.0. The number of aliphatic imine (C=N–C) groups is 1. The highest BCUT2D eigenvalue weighted by molar-refractivity contribution is 6.32. The van der Waals surface area contributed by atoms with Crippen LogP contribution in [-0.4, -0.2) is 52.9 Å². The Morgan fingerprint density at radius 2 is 2.35 bits per heavy atom. The largest absolute Gasteiger partial charge is 0.479 e. The third-order valence-corrected chi connectivity index (χ3v) is 5.53. The van der Waals surface area contributed by atoms with E-state index in [1.54, 1.807) is 23.4 Å². The number of para-hydroxylation sites is 1. The van der Waals surface area contributed by atoms with Gasteiger partial charge in [0.2, 0.25) is 5.91 Å². The molecule has 1 saturated heterocycles. The van der Waals surface area contributed by atoms with Gasteiger partial charge in [0.1, 0.15) is 18.1 Å². The van der Waals surface area contributed by atoms with Crippen molar-refractivity contribution in [3.05, 3.63) is 53.5 Å². The summed E-state index contributed by atoms with van der Waals surface area (Å²) < 4.78 is 5.59. The highest BCUT2D eigenvalue weighted by Crippen LogP contribution is 2.31. The van der Waals surface area contributed by atoms with Gasteiger partial charge in [0.05, 0.1) is 11.4 Å². The van der Waals surface area contributed by atoms with Gasteiger partial charge < -0.3 is 19.9 Å². The molecule has 2 atom stereocenters. The number of halogens is 1. The molecule has 0 spiro atoms. The van der Waals surface area contributed by atoms with E-state index in [-0.39, 0.29) is 18.6 Å². The van der Waals surface area contributed by atoms with Crippen LogP contribution in [0.5, 0.6) is 5.75 Å². The summed E-state index contributed by atoms with van der Waals surface area (Å²) in [5, 5.41) is 7.14. The van der Waals surface area contributed by atoms with Gasteiger partial charge in [-0.2, -0.15) is 0 Å². The Balaban J connectivity index is 1.43. The summed E-state index contributed by atoms with van der Waals surface area (Å²) in [6, 6.07) is 7.36. The molecule has 9 heteroatoms. The average molecular weight is 439 g/mol. The van der Waals surface area contributed by atoms with Crippen molar-refractivity contribution in [3.8, 4) is 17.6 Å². The van der Waals surface area contributed by atoms with Gasteiger partial charge in [-0.1, -0.05) is 36.2 Å². The lowest BCUT2D eigenvalue weighted by Crippen LogP contribution is -2.48. The Hall–Kier alpha value is -3.28. The number of hydrogen-bond acceptors (Lipinski definition) is 6. The molecule has 4 rings (SSSR count). The minimum Gasteiger partial charge on any atom is -0.479 e. The highest BCUT2D eigenvalue weighted by atomic mass is 35.5. The standard InChI is InChI=1S/C22H23ClN6O2/c1-3-19(30)29-11-10-15(13-29)28-22(2)20-21(24-14-25-22)27-18(26-20)9-6-12-31-17-8-5-4-7-16(17)23/h3-5,7-8,14-15,28H,1,10-13H2,2H3,(H,24,25)(H,26,27). The van der Waals surface area contributed by atoms with Gasteiger partial charge in [0, 0.05) is 19.1 Å². The molecule has 1 amide bonds. The van der Waals surface area contributed by atoms with Crippen molar-refractivity contribution in [2.24, 2.45) is 4.99 Å². The Kier molecular flexibility index (Phi) is 5.98. The average Bonchev–Trinajstić information content (AvgIpc) is 3.39. The van der Waals surface area contributed by atoms with E-state index < -0.39 is 5.66 Å². The minimum atomic E-state index is -0.709. The van der Waals surface area contributed by atoms with E-state index in [4.69, 9.17) is 16.3 Å². The van der Waals surface area contributed by atoms with Crippen LogP contribution >= 0.6 is 11.6 Å².